The van der Waals surface area contributed by atoms with Crippen LogP contribution in [0.15, 0.2) is 18.2 Å². The van der Waals surface area contributed by atoms with E-state index in [1.54, 1.807) is 0 Å². The van der Waals surface area contributed by atoms with Crippen LogP contribution in [0.2, 0.25) is 0 Å². The fraction of sp³-hybridized carbons (Fsp3) is 0.438. The summed E-state index contributed by atoms with van der Waals surface area (Å²) in [6, 6.07) is 2.22. The Hall–Kier alpha value is -2.57. The van der Waals surface area contributed by atoms with Crippen LogP contribution in [-0.4, -0.2) is 27.2 Å². The molecule has 0 aliphatic heterocycles. The summed E-state index contributed by atoms with van der Waals surface area (Å²) in [6.45, 7) is 0. The first-order valence-corrected chi connectivity index (χ1v) is 7.53. The van der Waals surface area contributed by atoms with Crippen molar-refractivity contribution in [1.29, 1.82) is 0 Å². The molecule has 0 saturated heterocycles. The minimum absolute atomic E-state index is 0.0338. The number of nitro benzene ring substituents is 1. The summed E-state index contributed by atoms with van der Waals surface area (Å²) in [5.74, 6) is -0.788. The molecule has 3 unspecified atom stereocenters. The second-order valence-corrected chi connectivity index (χ2v) is 6.15. The van der Waals surface area contributed by atoms with Crippen molar-refractivity contribution in [3.63, 3.8) is 0 Å². The van der Waals surface area contributed by atoms with E-state index in [0.717, 1.165) is 31.4 Å². The van der Waals surface area contributed by atoms with Gasteiger partial charge in [0.05, 0.1) is 4.92 Å². The SMILES string of the molecule is O=C(/C=C/c1cc(O)c(O)c([N+](=O)[O-])c1)OC1CC2CCC1C2. The van der Waals surface area contributed by atoms with Gasteiger partial charge >= 0.3 is 11.7 Å². The van der Waals surface area contributed by atoms with Crippen LogP contribution < -0.4 is 0 Å². The van der Waals surface area contributed by atoms with Crippen LogP contribution in [0.25, 0.3) is 6.08 Å². The predicted octanol–water partition coefficient (Wildman–Crippen LogP) is 2.75. The second-order valence-electron chi connectivity index (χ2n) is 6.15. The molecular formula is C16H17NO6. The summed E-state index contributed by atoms with van der Waals surface area (Å²) in [7, 11) is 0. The predicted molar refractivity (Wildman–Crippen MR) is 80.8 cm³/mol. The van der Waals surface area contributed by atoms with E-state index in [1.165, 1.54) is 18.6 Å². The number of hydrogen-bond acceptors (Lipinski definition) is 6. The third kappa shape index (κ3) is 3.13. The average molecular weight is 319 g/mol. The topological polar surface area (TPSA) is 110 Å². The number of esters is 1. The largest absolute Gasteiger partial charge is 0.504 e. The highest BCUT2D eigenvalue weighted by Crippen LogP contribution is 2.45. The van der Waals surface area contributed by atoms with Gasteiger partial charge in [0.1, 0.15) is 6.10 Å². The number of ether oxygens (including phenoxy) is 1. The quantitative estimate of drug-likeness (QED) is 0.290. The molecule has 2 saturated carbocycles. The van der Waals surface area contributed by atoms with E-state index in [1.807, 2.05) is 0 Å². The van der Waals surface area contributed by atoms with Crippen LogP contribution in [0.1, 0.15) is 31.2 Å². The van der Waals surface area contributed by atoms with Gasteiger partial charge in [0.25, 0.3) is 0 Å². The molecule has 1 aromatic rings. The number of hydrogen-bond donors (Lipinski definition) is 2. The molecule has 2 aliphatic carbocycles. The molecule has 3 atom stereocenters. The summed E-state index contributed by atoms with van der Waals surface area (Å²) < 4.78 is 5.43. The zero-order chi connectivity index (χ0) is 16.6. The van der Waals surface area contributed by atoms with E-state index in [4.69, 9.17) is 4.74 Å². The molecular weight excluding hydrogens is 302 g/mol. The zero-order valence-electron chi connectivity index (χ0n) is 12.3. The number of nitro groups is 1. The van der Waals surface area contributed by atoms with Crippen molar-refractivity contribution in [2.45, 2.75) is 31.8 Å². The number of phenolic OH excluding ortho intramolecular Hbond substituents is 2. The fourth-order valence-electron chi connectivity index (χ4n) is 3.54. The smallest absolute Gasteiger partial charge is 0.331 e. The number of fused-ring (bicyclic) bond motifs is 2. The Morgan fingerprint density at radius 2 is 2.09 bits per heavy atom. The molecule has 122 valence electrons. The number of rotatable bonds is 4. The van der Waals surface area contributed by atoms with Crippen LogP contribution in [0.4, 0.5) is 5.69 Å². The van der Waals surface area contributed by atoms with Crippen LogP contribution >= 0.6 is 0 Å². The van der Waals surface area contributed by atoms with E-state index in [-0.39, 0.29) is 11.7 Å². The molecule has 2 N–H and O–H groups in total. The highest BCUT2D eigenvalue weighted by molar-refractivity contribution is 5.87. The zero-order valence-corrected chi connectivity index (χ0v) is 12.3. The van der Waals surface area contributed by atoms with Crippen molar-refractivity contribution in [3.8, 4) is 11.5 Å². The van der Waals surface area contributed by atoms with Crippen molar-refractivity contribution >= 4 is 17.7 Å². The Bertz CT molecular complexity index is 683. The van der Waals surface area contributed by atoms with E-state index in [9.17, 15) is 25.1 Å². The molecule has 0 heterocycles. The van der Waals surface area contributed by atoms with Gasteiger partial charge in [0.15, 0.2) is 5.75 Å². The van der Waals surface area contributed by atoms with Crippen molar-refractivity contribution in [2.75, 3.05) is 0 Å². The third-order valence-corrected chi connectivity index (χ3v) is 4.64. The van der Waals surface area contributed by atoms with Gasteiger partial charge in [0.2, 0.25) is 5.75 Å². The normalized spacial score (nSPS) is 25.8. The number of aromatic hydroxyl groups is 2. The lowest BCUT2D eigenvalue weighted by molar-refractivity contribution is -0.386. The highest BCUT2D eigenvalue weighted by atomic mass is 16.6. The molecule has 0 spiro atoms. The van der Waals surface area contributed by atoms with Crippen molar-refractivity contribution in [1.82, 2.24) is 0 Å². The summed E-state index contributed by atoms with van der Waals surface area (Å²) in [5, 5.41) is 29.7. The van der Waals surface area contributed by atoms with Gasteiger partial charge < -0.3 is 14.9 Å². The molecule has 0 aromatic heterocycles. The molecule has 2 aliphatic rings. The van der Waals surface area contributed by atoms with Crippen molar-refractivity contribution in [2.24, 2.45) is 11.8 Å². The van der Waals surface area contributed by atoms with Crippen LogP contribution in [-0.2, 0) is 9.53 Å². The first kappa shape index (κ1) is 15.3. The van der Waals surface area contributed by atoms with Crippen LogP contribution in [0.5, 0.6) is 11.5 Å². The van der Waals surface area contributed by atoms with Gasteiger partial charge in [-0.05, 0) is 55.2 Å². The molecule has 0 amide bonds. The number of benzene rings is 1. The van der Waals surface area contributed by atoms with Crippen LogP contribution in [0, 0.1) is 22.0 Å². The molecule has 3 rings (SSSR count). The molecule has 0 radical (unpaired) electrons. The van der Waals surface area contributed by atoms with Gasteiger partial charge in [-0.25, -0.2) is 4.79 Å². The molecule has 7 nitrogen and oxygen atoms in total. The van der Waals surface area contributed by atoms with Crippen molar-refractivity contribution in [3.05, 3.63) is 33.9 Å². The van der Waals surface area contributed by atoms with Gasteiger partial charge in [-0.2, -0.15) is 0 Å². The van der Waals surface area contributed by atoms with Gasteiger partial charge in [-0.3, -0.25) is 10.1 Å². The lowest BCUT2D eigenvalue weighted by Gasteiger charge is -2.20. The Balaban J connectivity index is 1.67. The Morgan fingerprint density at radius 3 is 2.70 bits per heavy atom. The van der Waals surface area contributed by atoms with E-state index in [2.05, 4.69) is 0 Å². The number of carbonyl (C=O) groups excluding carboxylic acids is 1. The number of phenols is 2. The summed E-state index contributed by atoms with van der Waals surface area (Å²) in [5.41, 5.74) is -0.386. The molecule has 23 heavy (non-hydrogen) atoms. The monoisotopic (exact) mass is 319 g/mol. The maximum Gasteiger partial charge on any atom is 0.331 e. The summed E-state index contributed by atoms with van der Waals surface area (Å²) in [6.07, 6.45) is 6.82. The second kappa shape index (κ2) is 5.91. The number of carbonyl (C=O) groups is 1. The fourth-order valence-corrected chi connectivity index (χ4v) is 3.54. The minimum atomic E-state index is -0.806. The van der Waals surface area contributed by atoms with E-state index < -0.39 is 28.1 Å². The maximum absolute atomic E-state index is 11.9. The molecule has 2 bridgehead atoms. The Labute approximate surface area is 132 Å². The lowest BCUT2D eigenvalue weighted by atomic mass is 9.98. The minimum Gasteiger partial charge on any atom is -0.504 e. The third-order valence-electron chi connectivity index (χ3n) is 4.64. The molecule has 7 heteroatoms. The average Bonchev–Trinajstić information content (AvgIpc) is 3.10. The van der Waals surface area contributed by atoms with Gasteiger partial charge in [-0.1, -0.05) is 0 Å². The van der Waals surface area contributed by atoms with Crippen LogP contribution in [0.3, 0.4) is 0 Å². The molecule has 2 fully saturated rings. The summed E-state index contributed by atoms with van der Waals surface area (Å²) in [4.78, 5) is 21.8. The van der Waals surface area contributed by atoms with Crippen molar-refractivity contribution < 1.29 is 24.7 Å². The first-order chi connectivity index (χ1) is 10.9. The maximum atomic E-state index is 11.9. The molecule has 1 aromatic carbocycles. The highest BCUT2D eigenvalue weighted by Gasteiger charge is 2.41. The Kier molecular flexibility index (Phi) is 3.94. The van der Waals surface area contributed by atoms with Gasteiger partial charge in [0, 0.05) is 12.1 Å². The van der Waals surface area contributed by atoms with E-state index >= 15 is 0 Å². The van der Waals surface area contributed by atoms with Gasteiger partial charge in [-0.15, -0.1) is 0 Å². The summed E-state index contributed by atoms with van der Waals surface area (Å²) >= 11 is 0. The Morgan fingerprint density at radius 1 is 1.30 bits per heavy atom. The van der Waals surface area contributed by atoms with E-state index in [0.29, 0.717) is 11.8 Å². The lowest BCUT2D eigenvalue weighted by Crippen LogP contribution is -2.22. The standard InChI is InChI=1S/C16H17NO6/c18-13-7-10(6-12(16(13)20)17(21)22)2-4-15(19)23-14-8-9-1-3-11(14)5-9/h2,4,6-7,9,11,14,18,20H,1,3,5,8H2/b4-2+. The first-order valence-electron chi connectivity index (χ1n) is 7.53. The number of nitrogens with zero attached hydrogens (tertiary/aromatic N) is 1.